The fourth-order valence-electron chi connectivity index (χ4n) is 1.41. The topological polar surface area (TPSA) is 69.4 Å². The zero-order valence-electron chi connectivity index (χ0n) is 9.93. The summed E-state index contributed by atoms with van der Waals surface area (Å²) in [5.41, 5.74) is 0.778. The molecule has 0 amide bonds. The summed E-state index contributed by atoms with van der Waals surface area (Å²) in [6.45, 7) is 3.74. The van der Waals surface area contributed by atoms with Gasteiger partial charge < -0.3 is 9.53 Å². The van der Waals surface area contributed by atoms with Gasteiger partial charge in [0, 0.05) is 18.6 Å². The Morgan fingerprint density at radius 3 is 2.71 bits per heavy atom. The first-order chi connectivity index (χ1) is 8.00. The van der Waals surface area contributed by atoms with Crippen molar-refractivity contribution in [3.8, 4) is 5.75 Å². The Hall–Kier alpha value is -1.91. The molecule has 0 aliphatic heterocycles. The molecule has 0 spiro atoms. The van der Waals surface area contributed by atoms with Crippen LogP contribution in [0.15, 0.2) is 18.2 Å². The van der Waals surface area contributed by atoms with Gasteiger partial charge in [-0.15, -0.1) is 0 Å². The Bertz CT molecular complexity index is 429. The maximum absolute atomic E-state index is 10.7. The molecule has 0 saturated carbocycles. The summed E-state index contributed by atoms with van der Waals surface area (Å²) in [6.07, 6.45) is 1.15. The van der Waals surface area contributed by atoms with E-state index in [1.165, 1.54) is 19.1 Å². The van der Waals surface area contributed by atoms with Crippen LogP contribution in [0, 0.1) is 17.0 Å². The molecule has 0 radical (unpaired) electrons. The van der Waals surface area contributed by atoms with Crippen molar-refractivity contribution in [3.05, 3.63) is 33.9 Å². The first-order valence-corrected chi connectivity index (χ1v) is 5.38. The van der Waals surface area contributed by atoms with E-state index in [1.807, 2.05) is 0 Å². The third-order valence-electron chi connectivity index (χ3n) is 2.30. The van der Waals surface area contributed by atoms with Gasteiger partial charge in [-0.1, -0.05) is 0 Å². The number of ether oxygens (including phenoxy) is 1. The van der Waals surface area contributed by atoms with E-state index in [9.17, 15) is 14.9 Å². The van der Waals surface area contributed by atoms with E-state index in [-0.39, 0.29) is 11.5 Å². The van der Waals surface area contributed by atoms with E-state index >= 15 is 0 Å². The zero-order chi connectivity index (χ0) is 12.8. The number of nitrogens with zero attached hydrogens (tertiary/aromatic N) is 1. The second-order valence-corrected chi connectivity index (χ2v) is 3.86. The number of Topliss-reactive ketones (excluding diaryl/α,β-unsaturated/α-hetero) is 1. The van der Waals surface area contributed by atoms with Crippen LogP contribution in [0.3, 0.4) is 0 Å². The number of carbonyl (C=O) groups excluding carboxylic acids is 1. The van der Waals surface area contributed by atoms with E-state index in [4.69, 9.17) is 4.74 Å². The lowest BCUT2D eigenvalue weighted by atomic mass is 10.2. The van der Waals surface area contributed by atoms with E-state index in [2.05, 4.69) is 0 Å². The van der Waals surface area contributed by atoms with Gasteiger partial charge in [-0.05, 0) is 31.9 Å². The van der Waals surface area contributed by atoms with Gasteiger partial charge in [-0.2, -0.15) is 0 Å². The predicted octanol–water partition coefficient (Wildman–Crippen LogP) is 2.65. The molecule has 5 heteroatoms. The average Bonchev–Trinajstić information content (AvgIpc) is 2.25. The van der Waals surface area contributed by atoms with Crippen molar-refractivity contribution in [2.45, 2.75) is 26.7 Å². The van der Waals surface area contributed by atoms with E-state index in [0.717, 1.165) is 5.56 Å². The summed E-state index contributed by atoms with van der Waals surface area (Å²) in [5, 5.41) is 10.5. The van der Waals surface area contributed by atoms with Crippen LogP contribution in [0.2, 0.25) is 0 Å². The number of hydrogen-bond donors (Lipinski definition) is 0. The summed E-state index contributed by atoms with van der Waals surface area (Å²) in [4.78, 5) is 20.8. The lowest BCUT2D eigenvalue weighted by molar-refractivity contribution is -0.384. The molecular formula is C12H15NO4. The summed E-state index contributed by atoms with van der Waals surface area (Å²) >= 11 is 0. The first kappa shape index (κ1) is 13.2. The number of nitro groups is 1. The zero-order valence-corrected chi connectivity index (χ0v) is 9.93. The largest absolute Gasteiger partial charge is 0.493 e. The quantitative estimate of drug-likeness (QED) is 0.433. The van der Waals surface area contributed by atoms with Gasteiger partial charge in [-0.25, -0.2) is 0 Å². The molecule has 0 heterocycles. The Morgan fingerprint density at radius 2 is 2.18 bits per heavy atom. The van der Waals surface area contributed by atoms with Crippen molar-refractivity contribution in [2.75, 3.05) is 6.61 Å². The summed E-state index contributed by atoms with van der Waals surface area (Å²) in [7, 11) is 0. The van der Waals surface area contributed by atoms with Crippen LogP contribution in [-0.4, -0.2) is 17.3 Å². The van der Waals surface area contributed by atoms with Crippen molar-refractivity contribution < 1.29 is 14.5 Å². The Morgan fingerprint density at radius 1 is 1.47 bits per heavy atom. The molecule has 0 atom stereocenters. The Balaban J connectivity index is 2.54. The molecule has 5 nitrogen and oxygen atoms in total. The van der Waals surface area contributed by atoms with Crippen LogP contribution in [0.25, 0.3) is 0 Å². The van der Waals surface area contributed by atoms with Crippen molar-refractivity contribution in [2.24, 2.45) is 0 Å². The number of ketones is 1. The molecule has 0 aliphatic carbocycles. The maximum atomic E-state index is 10.7. The van der Waals surface area contributed by atoms with Gasteiger partial charge in [0.05, 0.1) is 11.5 Å². The summed E-state index contributed by atoms with van der Waals surface area (Å²) < 4.78 is 5.45. The number of benzene rings is 1. The molecule has 1 aromatic carbocycles. The Labute approximate surface area is 99.5 Å². The standard InChI is InChI=1S/C12H15NO4/c1-9-8-11(13(15)16)5-6-12(9)17-7-3-4-10(2)14/h5-6,8H,3-4,7H2,1-2H3. The third kappa shape index (κ3) is 4.22. The summed E-state index contributed by atoms with van der Waals surface area (Å²) in [5.74, 6) is 0.758. The molecule has 0 unspecified atom stereocenters. The van der Waals surface area contributed by atoms with E-state index in [1.54, 1.807) is 13.0 Å². The van der Waals surface area contributed by atoms with Gasteiger partial charge in [0.15, 0.2) is 0 Å². The molecule has 0 N–H and O–H groups in total. The van der Waals surface area contributed by atoms with Gasteiger partial charge in [0.2, 0.25) is 0 Å². The monoisotopic (exact) mass is 237 g/mol. The van der Waals surface area contributed by atoms with Crippen molar-refractivity contribution in [1.82, 2.24) is 0 Å². The number of carbonyl (C=O) groups is 1. The lowest BCUT2D eigenvalue weighted by Crippen LogP contribution is -2.01. The first-order valence-electron chi connectivity index (χ1n) is 5.38. The van der Waals surface area contributed by atoms with Crippen molar-refractivity contribution >= 4 is 11.5 Å². The lowest BCUT2D eigenvalue weighted by Gasteiger charge is -2.08. The van der Waals surface area contributed by atoms with Crippen molar-refractivity contribution in [3.63, 3.8) is 0 Å². The average molecular weight is 237 g/mol. The van der Waals surface area contributed by atoms with Crippen LogP contribution in [0.4, 0.5) is 5.69 Å². The smallest absolute Gasteiger partial charge is 0.269 e. The number of nitro benzene ring substituents is 1. The molecule has 0 saturated heterocycles. The highest BCUT2D eigenvalue weighted by molar-refractivity contribution is 5.75. The highest BCUT2D eigenvalue weighted by Crippen LogP contribution is 2.23. The van der Waals surface area contributed by atoms with Crippen molar-refractivity contribution in [1.29, 1.82) is 0 Å². The normalized spacial score (nSPS) is 10.0. The Kier molecular flexibility index (Phi) is 4.63. The third-order valence-corrected chi connectivity index (χ3v) is 2.30. The molecule has 92 valence electrons. The minimum absolute atomic E-state index is 0.0542. The highest BCUT2D eigenvalue weighted by atomic mass is 16.6. The molecule has 1 rings (SSSR count). The number of rotatable bonds is 6. The predicted molar refractivity (Wildman–Crippen MR) is 63.2 cm³/mol. The molecule has 0 bridgehead atoms. The SMILES string of the molecule is CC(=O)CCCOc1ccc([N+](=O)[O-])cc1C. The second kappa shape index (κ2) is 5.98. The maximum Gasteiger partial charge on any atom is 0.269 e. The number of non-ortho nitro benzene ring substituents is 1. The van der Waals surface area contributed by atoms with Crippen LogP contribution >= 0.6 is 0 Å². The van der Waals surface area contributed by atoms with Gasteiger partial charge >= 0.3 is 0 Å². The van der Waals surface area contributed by atoms with E-state index in [0.29, 0.717) is 25.2 Å². The molecule has 1 aromatic rings. The van der Waals surface area contributed by atoms with Gasteiger partial charge in [0.1, 0.15) is 11.5 Å². The minimum atomic E-state index is -0.438. The van der Waals surface area contributed by atoms with Crippen LogP contribution in [0.1, 0.15) is 25.3 Å². The second-order valence-electron chi connectivity index (χ2n) is 3.86. The molecule has 0 aliphatic rings. The van der Waals surface area contributed by atoms with Crippen LogP contribution in [0.5, 0.6) is 5.75 Å². The van der Waals surface area contributed by atoms with Gasteiger partial charge in [-0.3, -0.25) is 10.1 Å². The number of hydrogen-bond acceptors (Lipinski definition) is 4. The molecule has 0 fully saturated rings. The highest BCUT2D eigenvalue weighted by Gasteiger charge is 2.08. The fourth-order valence-corrected chi connectivity index (χ4v) is 1.41. The van der Waals surface area contributed by atoms with E-state index < -0.39 is 4.92 Å². The minimum Gasteiger partial charge on any atom is -0.493 e. The van der Waals surface area contributed by atoms with Crippen LogP contribution < -0.4 is 4.74 Å². The summed E-state index contributed by atoms with van der Waals surface area (Å²) in [6, 6.07) is 4.47. The number of aryl methyl sites for hydroxylation is 1. The molecule has 17 heavy (non-hydrogen) atoms. The molecular weight excluding hydrogens is 222 g/mol. The van der Waals surface area contributed by atoms with Gasteiger partial charge in [0.25, 0.3) is 5.69 Å². The fraction of sp³-hybridized carbons (Fsp3) is 0.417. The molecule has 0 aromatic heterocycles. The van der Waals surface area contributed by atoms with Crippen LogP contribution in [-0.2, 0) is 4.79 Å².